The molecule has 6 nitrogen and oxygen atoms in total. The highest BCUT2D eigenvalue weighted by Gasteiger charge is 2.25. The van der Waals surface area contributed by atoms with Gasteiger partial charge in [0.25, 0.3) is 0 Å². The Morgan fingerprint density at radius 1 is 1.21 bits per heavy atom. The Morgan fingerprint density at radius 3 is 2.64 bits per heavy atom. The number of esters is 1. The molecule has 1 saturated carbocycles. The van der Waals surface area contributed by atoms with Gasteiger partial charge in [0.05, 0.1) is 12.7 Å². The van der Waals surface area contributed by atoms with Crippen molar-refractivity contribution in [2.24, 2.45) is 5.92 Å². The summed E-state index contributed by atoms with van der Waals surface area (Å²) in [5, 5.41) is 7.10. The van der Waals surface area contributed by atoms with Crippen molar-refractivity contribution in [1.29, 1.82) is 0 Å². The Labute approximate surface area is 173 Å². The monoisotopic (exact) mass is 447 g/mol. The number of carbonyl (C=O) groups excluding carboxylic acids is 2. The van der Waals surface area contributed by atoms with Gasteiger partial charge >= 0.3 is 5.97 Å². The third-order valence-corrected chi connectivity index (χ3v) is 5.54. The maximum absolute atomic E-state index is 12.2. The summed E-state index contributed by atoms with van der Waals surface area (Å²) in [6.07, 6.45) is 8.73. The topological polar surface area (TPSA) is 73.2 Å². The minimum atomic E-state index is -0.646. The molecule has 0 saturated heterocycles. The number of halogens is 1. The molecule has 1 amide bonds. The molecule has 1 fully saturated rings. The van der Waals surface area contributed by atoms with Crippen molar-refractivity contribution >= 4 is 27.8 Å². The summed E-state index contributed by atoms with van der Waals surface area (Å²) in [5.41, 5.74) is 1.95. The van der Waals surface area contributed by atoms with Crippen LogP contribution in [-0.2, 0) is 27.5 Å². The molecule has 1 aromatic heterocycles. The second-order valence-corrected chi connectivity index (χ2v) is 8.26. The molecule has 0 aliphatic heterocycles. The van der Waals surface area contributed by atoms with Crippen LogP contribution in [0.4, 0.5) is 0 Å². The zero-order chi connectivity index (χ0) is 19.9. The van der Waals surface area contributed by atoms with Crippen molar-refractivity contribution in [1.82, 2.24) is 15.1 Å². The maximum atomic E-state index is 12.2. The number of ether oxygens (including phenoxy) is 1. The first-order valence-electron chi connectivity index (χ1n) is 9.74. The Hall–Kier alpha value is -2.15. The summed E-state index contributed by atoms with van der Waals surface area (Å²) in [6.45, 7) is 2.46. The molecule has 28 heavy (non-hydrogen) atoms. The van der Waals surface area contributed by atoms with Crippen LogP contribution in [-0.4, -0.2) is 27.7 Å². The minimum Gasteiger partial charge on any atom is -0.459 e. The van der Waals surface area contributed by atoms with Crippen molar-refractivity contribution < 1.29 is 14.3 Å². The van der Waals surface area contributed by atoms with Gasteiger partial charge in [-0.2, -0.15) is 5.10 Å². The fraction of sp³-hybridized carbons (Fsp3) is 0.476. The van der Waals surface area contributed by atoms with Crippen LogP contribution in [0.5, 0.6) is 0 Å². The van der Waals surface area contributed by atoms with Gasteiger partial charge in [-0.15, -0.1) is 0 Å². The Kier molecular flexibility index (Phi) is 7.25. The number of amides is 1. The van der Waals surface area contributed by atoms with Crippen LogP contribution in [0.3, 0.4) is 0 Å². The zero-order valence-electron chi connectivity index (χ0n) is 16.1. The Morgan fingerprint density at radius 2 is 1.93 bits per heavy atom. The van der Waals surface area contributed by atoms with Gasteiger partial charge in [0.1, 0.15) is 12.6 Å². The van der Waals surface area contributed by atoms with Gasteiger partial charge in [-0.05, 0) is 37.5 Å². The van der Waals surface area contributed by atoms with E-state index >= 15 is 0 Å². The van der Waals surface area contributed by atoms with E-state index in [0.29, 0.717) is 6.54 Å². The van der Waals surface area contributed by atoms with Gasteiger partial charge in [-0.3, -0.25) is 9.48 Å². The molecule has 1 atom stereocenters. The third kappa shape index (κ3) is 5.92. The molecule has 0 bridgehead atoms. The normalized spacial score (nSPS) is 15.8. The average molecular weight is 448 g/mol. The summed E-state index contributed by atoms with van der Waals surface area (Å²) in [7, 11) is 0. The number of aromatic nitrogens is 2. The lowest BCUT2D eigenvalue weighted by atomic mass is 9.88. The highest BCUT2D eigenvalue weighted by atomic mass is 79.9. The van der Waals surface area contributed by atoms with Gasteiger partial charge in [0, 0.05) is 22.2 Å². The standard InChI is InChI=1S/C21H26BrN3O3/c1-15(24-20(26)18-5-3-2-4-6-18)21(27)28-14-17-11-23-25(13-17)12-16-7-9-19(22)10-8-16/h7-11,13,15,18H,2-6,12,14H2,1H3,(H,24,26)/t15-/m1/s1. The first kappa shape index (κ1) is 20.6. The van der Waals surface area contributed by atoms with E-state index in [9.17, 15) is 9.59 Å². The number of rotatable bonds is 7. The average Bonchev–Trinajstić information content (AvgIpc) is 3.15. The highest BCUT2D eigenvalue weighted by Crippen LogP contribution is 2.23. The lowest BCUT2D eigenvalue weighted by Crippen LogP contribution is -2.42. The van der Waals surface area contributed by atoms with Gasteiger partial charge in [-0.25, -0.2) is 4.79 Å². The van der Waals surface area contributed by atoms with Crippen molar-refractivity contribution in [2.75, 3.05) is 0 Å². The SMILES string of the molecule is C[C@@H](NC(=O)C1CCCCC1)C(=O)OCc1cnn(Cc2ccc(Br)cc2)c1. The second-order valence-electron chi connectivity index (χ2n) is 7.35. The van der Waals surface area contributed by atoms with E-state index < -0.39 is 12.0 Å². The highest BCUT2D eigenvalue weighted by molar-refractivity contribution is 9.10. The van der Waals surface area contributed by atoms with Crippen molar-refractivity contribution in [3.05, 3.63) is 52.3 Å². The van der Waals surface area contributed by atoms with E-state index in [1.807, 2.05) is 30.5 Å². The molecule has 1 N–H and O–H groups in total. The molecule has 1 aromatic carbocycles. The van der Waals surface area contributed by atoms with Crippen LogP contribution < -0.4 is 5.32 Å². The largest absolute Gasteiger partial charge is 0.459 e. The third-order valence-electron chi connectivity index (χ3n) is 5.01. The molecule has 150 valence electrons. The van der Waals surface area contributed by atoms with E-state index in [2.05, 4.69) is 26.3 Å². The summed E-state index contributed by atoms with van der Waals surface area (Å²) in [4.78, 5) is 24.4. The number of carbonyl (C=O) groups is 2. The van der Waals surface area contributed by atoms with Crippen LogP contribution in [0.15, 0.2) is 41.1 Å². The molecule has 1 aliphatic carbocycles. The van der Waals surface area contributed by atoms with Crippen LogP contribution in [0.25, 0.3) is 0 Å². The molecular weight excluding hydrogens is 422 g/mol. The van der Waals surface area contributed by atoms with Gasteiger partial charge in [0.2, 0.25) is 5.91 Å². The molecule has 0 radical (unpaired) electrons. The smallest absolute Gasteiger partial charge is 0.328 e. The second kappa shape index (κ2) is 9.87. The summed E-state index contributed by atoms with van der Waals surface area (Å²) >= 11 is 3.42. The molecule has 2 aromatic rings. The zero-order valence-corrected chi connectivity index (χ0v) is 17.7. The number of hydrogen-bond donors (Lipinski definition) is 1. The summed E-state index contributed by atoms with van der Waals surface area (Å²) in [5.74, 6) is -0.433. The minimum absolute atomic E-state index is 0.0286. The first-order valence-corrected chi connectivity index (χ1v) is 10.5. The Bertz CT molecular complexity index is 797. The lowest BCUT2D eigenvalue weighted by Gasteiger charge is -2.22. The molecule has 0 spiro atoms. The molecule has 3 rings (SSSR count). The maximum Gasteiger partial charge on any atom is 0.328 e. The molecule has 7 heteroatoms. The predicted octanol–water partition coefficient (Wildman–Crippen LogP) is 3.82. The number of hydrogen-bond acceptors (Lipinski definition) is 4. The van der Waals surface area contributed by atoms with Gasteiger partial charge in [-0.1, -0.05) is 47.3 Å². The van der Waals surface area contributed by atoms with Crippen molar-refractivity contribution in [3.63, 3.8) is 0 Å². The quantitative estimate of drug-likeness (QED) is 0.654. The Balaban J connectivity index is 1.44. The van der Waals surface area contributed by atoms with E-state index in [1.165, 1.54) is 6.42 Å². The van der Waals surface area contributed by atoms with Crippen LogP contribution in [0, 0.1) is 5.92 Å². The molecular formula is C21H26BrN3O3. The van der Waals surface area contributed by atoms with Crippen LogP contribution in [0.1, 0.15) is 50.2 Å². The number of nitrogens with zero attached hydrogens (tertiary/aromatic N) is 2. The van der Waals surface area contributed by atoms with Gasteiger partial charge < -0.3 is 10.1 Å². The van der Waals surface area contributed by atoms with E-state index in [0.717, 1.165) is 41.3 Å². The molecule has 1 aliphatic rings. The van der Waals surface area contributed by atoms with Crippen molar-refractivity contribution in [2.45, 2.75) is 58.2 Å². The fourth-order valence-electron chi connectivity index (χ4n) is 3.38. The molecule has 0 unspecified atom stereocenters. The number of benzene rings is 1. The fourth-order valence-corrected chi connectivity index (χ4v) is 3.64. The van der Waals surface area contributed by atoms with Crippen LogP contribution >= 0.6 is 15.9 Å². The summed E-state index contributed by atoms with van der Waals surface area (Å²) in [6, 6.07) is 7.39. The number of nitrogens with one attached hydrogen (secondary N) is 1. The predicted molar refractivity (Wildman–Crippen MR) is 109 cm³/mol. The van der Waals surface area contributed by atoms with Crippen molar-refractivity contribution in [3.8, 4) is 0 Å². The lowest BCUT2D eigenvalue weighted by molar-refractivity contribution is -0.149. The van der Waals surface area contributed by atoms with E-state index in [-0.39, 0.29) is 18.4 Å². The van der Waals surface area contributed by atoms with Crippen LogP contribution in [0.2, 0.25) is 0 Å². The molecule has 1 heterocycles. The van der Waals surface area contributed by atoms with E-state index in [1.54, 1.807) is 17.8 Å². The van der Waals surface area contributed by atoms with Gasteiger partial charge in [0.15, 0.2) is 0 Å². The van der Waals surface area contributed by atoms with E-state index in [4.69, 9.17) is 4.74 Å². The summed E-state index contributed by atoms with van der Waals surface area (Å²) < 4.78 is 8.19. The first-order chi connectivity index (χ1) is 13.5.